The molecule has 0 saturated heterocycles. The van der Waals surface area contributed by atoms with E-state index in [1.165, 1.54) is 55.7 Å². The Morgan fingerprint density at radius 1 is 0.421 bits per heavy atom. The minimum Gasteiger partial charge on any atom is -0.492 e. The lowest BCUT2D eigenvalue weighted by Crippen LogP contribution is -2.19. The molecule has 0 fully saturated rings. The molecule has 5 heteroatoms. The number of rotatable bonds is 17. The Morgan fingerprint density at radius 2 is 0.737 bits per heavy atom. The zero-order valence-corrected chi connectivity index (χ0v) is 35.0. The second-order valence-corrected chi connectivity index (χ2v) is 14.7. The van der Waals surface area contributed by atoms with Crippen molar-refractivity contribution in [2.45, 2.75) is 19.8 Å². The first-order valence-corrected chi connectivity index (χ1v) is 20.4. The lowest BCUT2D eigenvalue weighted by molar-refractivity contribution is 0.261. The lowest BCUT2D eigenvalue weighted by atomic mass is 9.88. The third kappa shape index (κ3) is 13.1. The smallest absolute Gasteiger partial charge is 0.119 e. The molecule has 0 saturated carbocycles. The predicted molar refractivity (Wildman–Crippen MR) is 244 cm³/mol. The van der Waals surface area contributed by atoms with Crippen LogP contribution in [0.1, 0.15) is 53.1 Å². The molecule has 0 aliphatic heterocycles. The zero-order chi connectivity index (χ0) is 40.2. The van der Waals surface area contributed by atoms with E-state index in [-0.39, 0.29) is 0 Å². The molecule has 0 atom stereocenters. The average Bonchev–Trinajstić information content (AvgIpc) is 3.25. The van der Waals surface area contributed by atoms with Crippen molar-refractivity contribution in [3.05, 3.63) is 203 Å². The quantitative estimate of drug-likeness (QED) is 0.0680. The van der Waals surface area contributed by atoms with Crippen molar-refractivity contribution in [2.24, 2.45) is 0 Å². The Bertz CT molecular complexity index is 2100. The number of hydrogen-bond acceptors (Lipinski definition) is 4. The van der Waals surface area contributed by atoms with E-state index in [4.69, 9.17) is 21.1 Å². The maximum absolute atomic E-state index is 6.21. The third-order valence-corrected chi connectivity index (χ3v) is 9.76. The molecular formula is C52H57ClN2O2. The SMILES string of the molecule is CC/C(=C(\c1ccccc1)c1ccc(OCCN(C)C)cc1)c1ccccc1.CN(C)CCOc1ccc(/C(=C(/CCCl)c2ccccc2)c2ccccc2)cc1. The number of benzene rings is 6. The number of hydrogen-bond donors (Lipinski definition) is 0. The minimum absolute atomic E-state index is 0.576. The van der Waals surface area contributed by atoms with Crippen LogP contribution in [0.15, 0.2) is 170 Å². The molecule has 4 nitrogen and oxygen atoms in total. The molecule has 57 heavy (non-hydrogen) atoms. The molecule has 0 aliphatic rings. The molecular weight excluding hydrogens is 720 g/mol. The van der Waals surface area contributed by atoms with Crippen molar-refractivity contribution >= 4 is 33.9 Å². The topological polar surface area (TPSA) is 24.9 Å². The summed E-state index contributed by atoms with van der Waals surface area (Å²) in [5.41, 5.74) is 12.4. The van der Waals surface area contributed by atoms with Gasteiger partial charge in [0.1, 0.15) is 24.7 Å². The summed E-state index contributed by atoms with van der Waals surface area (Å²) in [4.78, 5) is 4.24. The Hall–Kier alpha value is -5.39. The fourth-order valence-corrected chi connectivity index (χ4v) is 6.87. The van der Waals surface area contributed by atoms with E-state index in [1.807, 2.05) is 26.2 Å². The molecule has 0 unspecified atom stereocenters. The van der Waals surface area contributed by atoms with Crippen molar-refractivity contribution < 1.29 is 9.47 Å². The summed E-state index contributed by atoms with van der Waals surface area (Å²) in [6.45, 7) is 5.40. The van der Waals surface area contributed by atoms with Crippen LogP contribution in [0.2, 0.25) is 0 Å². The molecule has 6 aromatic carbocycles. The Morgan fingerprint density at radius 3 is 1.07 bits per heavy atom. The Labute approximate surface area is 346 Å². The first-order chi connectivity index (χ1) is 27.9. The lowest BCUT2D eigenvalue weighted by Gasteiger charge is -2.17. The Balaban J connectivity index is 0.000000218. The first kappa shape index (κ1) is 42.7. The van der Waals surface area contributed by atoms with Gasteiger partial charge in [0.2, 0.25) is 0 Å². The van der Waals surface area contributed by atoms with Gasteiger partial charge in [-0.1, -0.05) is 153 Å². The fourth-order valence-electron chi connectivity index (χ4n) is 6.68. The number of likely N-dealkylation sites (N-methyl/N-ethyl adjacent to an activating group) is 2. The van der Waals surface area contributed by atoms with Crippen LogP contribution < -0.4 is 9.47 Å². The molecule has 0 aromatic heterocycles. The first-order valence-electron chi connectivity index (χ1n) is 19.9. The van der Waals surface area contributed by atoms with E-state index >= 15 is 0 Å². The van der Waals surface area contributed by atoms with Gasteiger partial charge in [-0.2, -0.15) is 0 Å². The van der Waals surface area contributed by atoms with E-state index in [1.54, 1.807) is 0 Å². The fraction of sp³-hybridized carbons (Fsp3) is 0.231. The van der Waals surface area contributed by atoms with E-state index in [2.05, 4.69) is 189 Å². The number of allylic oxidation sites excluding steroid dienone is 2. The van der Waals surface area contributed by atoms with E-state index in [0.29, 0.717) is 19.1 Å². The van der Waals surface area contributed by atoms with Crippen LogP contribution in [0.5, 0.6) is 11.5 Å². The van der Waals surface area contributed by atoms with Crippen LogP contribution in [0.4, 0.5) is 0 Å². The molecule has 0 radical (unpaired) electrons. The van der Waals surface area contributed by atoms with Crippen molar-refractivity contribution in [1.29, 1.82) is 0 Å². The second-order valence-electron chi connectivity index (χ2n) is 14.3. The summed E-state index contributed by atoms with van der Waals surface area (Å²) in [6.07, 6.45) is 1.77. The zero-order valence-electron chi connectivity index (χ0n) is 34.2. The summed E-state index contributed by atoms with van der Waals surface area (Å²) >= 11 is 6.21. The van der Waals surface area contributed by atoms with Gasteiger partial charge in [0.05, 0.1) is 0 Å². The summed E-state index contributed by atoms with van der Waals surface area (Å²) in [6, 6.07) is 59.3. The molecule has 0 amide bonds. The summed E-state index contributed by atoms with van der Waals surface area (Å²) in [5, 5.41) is 0. The van der Waals surface area contributed by atoms with Gasteiger partial charge in [0, 0.05) is 19.0 Å². The standard InChI is InChI=1S/C26H28ClNO.C26H29NO/c1-28(2)19-20-29-24-15-13-23(14-16-24)26(22-11-7-4-8-12-22)25(17-18-27)21-9-5-3-6-10-21;1-4-25(21-11-7-5-8-12-21)26(22-13-9-6-10-14-22)23-15-17-24(18-16-23)28-20-19-27(2)3/h3-16H,17-20H2,1-2H3;5-18H,4,19-20H2,1-3H3/b2*26-25-. The molecule has 0 aliphatic carbocycles. The minimum atomic E-state index is 0.576. The van der Waals surface area contributed by atoms with E-state index < -0.39 is 0 Å². The van der Waals surface area contributed by atoms with Crippen molar-refractivity contribution in [3.8, 4) is 11.5 Å². The third-order valence-electron chi connectivity index (χ3n) is 9.57. The van der Waals surface area contributed by atoms with Gasteiger partial charge in [-0.3, -0.25) is 0 Å². The largest absolute Gasteiger partial charge is 0.492 e. The van der Waals surface area contributed by atoms with Gasteiger partial charge < -0.3 is 19.3 Å². The molecule has 0 N–H and O–H groups in total. The second kappa shape index (κ2) is 23.0. The van der Waals surface area contributed by atoms with Gasteiger partial charge in [-0.05, 0) is 121 Å². The number of ether oxygens (including phenoxy) is 2. The highest BCUT2D eigenvalue weighted by Gasteiger charge is 2.15. The molecule has 6 aromatic rings. The number of halogens is 1. The van der Waals surface area contributed by atoms with Crippen LogP contribution in [-0.2, 0) is 0 Å². The Kier molecular flexibility index (Phi) is 17.2. The highest BCUT2D eigenvalue weighted by molar-refractivity contribution is 6.18. The van der Waals surface area contributed by atoms with Gasteiger partial charge in [0.15, 0.2) is 0 Å². The summed E-state index contributed by atoms with van der Waals surface area (Å²) in [7, 11) is 8.20. The average molecular weight is 777 g/mol. The van der Waals surface area contributed by atoms with Gasteiger partial charge in [-0.25, -0.2) is 0 Å². The van der Waals surface area contributed by atoms with Gasteiger partial charge in [0.25, 0.3) is 0 Å². The summed E-state index contributed by atoms with van der Waals surface area (Å²) < 4.78 is 11.7. The predicted octanol–water partition coefficient (Wildman–Crippen LogP) is 12.2. The van der Waals surface area contributed by atoms with Crippen LogP contribution in [0.3, 0.4) is 0 Å². The van der Waals surface area contributed by atoms with Crippen LogP contribution in [0, 0.1) is 0 Å². The van der Waals surface area contributed by atoms with Crippen molar-refractivity contribution in [1.82, 2.24) is 9.80 Å². The van der Waals surface area contributed by atoms with Crippen molar-refractivity contribution in [2.75, 3.05) is 60.4 Å². The monoisotopic (exact) mass is 776 g/mol. The van der Waals surface area contributed by atoms with Gasteiger partial charge >= 0.3 is 0 Å². The number of alkyl halides is 1. The molecule has 0 spiro atoms. The summed E-state index contributed by atoms with van der Waals surface area (Å²) in [5.74, 6) is 2.38. The van der Waals surface area contributed by atoms with E-state index in [0.717, 1.165) is 37.4 Å². The maximum Gasteiger partial charge on any atom is 0.119 e. The van der Waals surface area contributed by atoms with Crippen LogP contribution >= 0.6 is 11.6 Å². The molecule has 6 rings (SSSR count). The molecule has 0 bridgehead atoms. The maximum atomic E-state index is 6.21. The van der Waals surface area contributed by atoms with Crippen molar-refractivity contribution in [3.63, 3.8) is 0 Å². The molecule has 0 heterocycles. The normalized spacial score (nSPS) is 12.0. The molecule has 294 valence electrons. The van der Waals surface area contributed by atoms with E-state index in [9.17, 15) is 0 Å². The highest BCUT2D eigenvalue weighted by Crippen LogP contribution is 2.36. The highest BCUT2D eigenvalue weighted by atomic mass is 35.5. The van der Waals surface area contributed by atoms with Gasteiger partial charge in [-0.15, -0.1) is 11.6 Å². The number of nitrogens with zero attached hydrogens (tertiary/aromatic N) is 2. The van der Waals surface area contributed by atoms with Crippen LogP contribution in [-0.4, -0.2) is 70.2 Å². The van der Waals surface area contributed by atoms with Crippen LogP contribution in [0.25, 0.3) is 22.3 Å².